The quantitative estimate of drug-likeness (QED) is 0.890. The second kappa shape index (κ2) is 5.92. The van der Waals surface area contributed by atoms with Gasteiger partial charge in [0, 0.05) is 43.6 Å². The van der Waals surface area contributed by atoms with Crippen molar-refractivity contribution < 1.29 is 0 Å². The first-order valence-electron chi connectivity index (χ1n) is 7.53. The van der Waals surface area contributed by atoms with Crippen molar-refractivity contribution >= 4 is 11.3 Å². The molecule has 19 heavy (non-hydrogen) atoms. The van der Waals surface area contributed by atoms with Crippen LogP contribution in [-0.2, 0) is 0 Å². The van der Waals surface area contributed by atoms with Gasteiger partial charge in [-0.05, 0) is 36.9 Å². The van der Waals surface area contributed by atoms with E-state index < -0.39 is 0 Å². The molecule has 4 rings (SSSR count). The second-order valence-corrected chi connectivity index (χ2v) is 6.75. The number of nitrogens with one attached hydrogen (secondary N) is 1. The van der Waals surface area contributed by atoms with Crippen LogP contribution in [0.15, 0.2) is 11.4 Å². The Morgan fingerprint density at radius 1 is 1.37 bits per heavy atom. The fourth-order valence-corrected chi connectivity index (χ4v) is 4.44. The third-order valence-corrected chi connectivity index (χ3v) is 5.61. The van der Waals surface area contributed by atoms with Crippen molar-refractivity contribution in [3.05, 3.63) is 21.9 Å². The van der Waals surface area contributed by atoms with Crippen LogP contribution in [-0.4, -0.2) is 55.1 Å². The van der Waals surface area contributed by atoms with E-state index in [1.54, 1.807) is 4.88 Å². The first-order chi connectivity index (χ1) is 9.29. The highest BCUT2D eigenvalue weighted by atomic mass is 32.1. The number of fused-ring (bicyclic) bond motifs is 3. The maximum absolute atomic E-state index is 3.81. The van der Waals surface area contributed by atoms with Gasteiger partial charge in [-0.2, -0.15) is 0 Å². The van der Waals surface area contributed by atoms with Crippen LogP contribution >= 0.6 is 11.3 Å². The SMILES string of the molecule is CCCNC(c1sccc1C)C1CN2CCN1CC2. The average molecular weight is 279 g/mol. The number of hydrogen-bond acceptors (Lipinski definition) is 4. The molecule has 3 saturated heterocycles. The molecular formula is C15H25N3S. The first kappa shape index (κ1) is 13.6. The Balaban J connectivity index is 1.81. The van der Waals surface area contributed by atoms with Crippen LogP contribution in [0.4, 0.5) is 0 Å². The van der Waals surface area contributed by atoms with E-state index in [9.17, 15) is 0 Å². The van der Waals surface area contributed by atoms with Gasteiger partial charge in [0.05, 0.1) is 6.04 Å². The highest BCUT2D eigenvalue weighted by Gasteiger charge is 2.37. The number of rotatable bonds is 5. The van der Waals surface area contributed by atoms with Gasteiger partial charge in [0.15, 0.2) is 0 Å². The molecule has 106 valence electrons. The van der Waals surface area contributed by atoms with Crippen LogP contribution in [0.3, 0.4) is 0 Å². The van der Waals surface area contributed by atoms with E-state index in [1.807, 2.05) is 11.3 Å². The number of thiophene rings is 1. The normalized spacial score (nSPS) is 31.6. The summed E-state index contributed by atoms with van der Waals surface area (Å²) in [5.74, 6) is 0. The number of piperazine rings is 3. The predicted octanol–water partition coefficient (Wildman–Crippen LogP) is 2.10. The molecule has 2 bridgehead atoms. The maximum atomic E-state index is 3.81. The highest BCUT2D eigenvalue weighted by Crippen LogP contribution is 2.32. The molecule has 3 aliphatic heterocycles. The van der Waals surface area contributed by atoms with Gasteiger partial charge in [-0.1, -0.05) is 6.92 Å². The summed E-state index contributed by atoms with van der Waals surface area (Å²) >= 11 is 1.92. The molecular weight excluding hydrogens is 254 g/mol. The minimum atomic E-state index is 0.517. The van der Waals surface area contributed by atoms with Crippen molar-refractivity contribution in [3.8, 4) is 0 Å². The van der Waals surface area contributed by atoms with Crippen LogP contribution in [0.2, 0.25) is 0 Å². The summed E-state index contributed by atoms with van der Waals surface area (Å²) in [6.45, 7) is 11.9. The molecule has 0 aliphatic carbocycles. The molecule has 0 radical (unpaired) electrons. The molecule has 1 N–H and O–H groups in total. The summed E-state index contributed by atoms with van der Waals surface area (Å²) in [6.07, 6.45) is 1.21. The Hall–Kier alpha value is -0.420. The molecule has 4 heterocycles. The summed E-state index contributed by atoms with van der Waals surface area (Å²) in [6, 6.07) is 3.44. The number of hydrogen-bond donors (Lipinski definition) is 1. The van der Waals surface area contributed by atoms with E-state index in [4.69, 9.17) is 0 Å². The summed E-state index contributed by atoms with van der Waals surface area (Å²) in [4.78, 5) is 6.88. The minimum Gasteiger partial charge on any atom is -0.308 e. The molecule has 0 saturated carbocycles. The van der Waals surface area contributed by atoms with Gasteiger partial charge in [0.1, 0.15) is 0 Å². The summed E-state index contributed by atoms with van der Waals surface area (Å²) in [5, 5.41) is 6.05. The monoisotopic (exact) mass is 279 g/mol. The first-order valence-corrected chi connectivity index (χ1v) is 8.41. The van der Waals surface area contributed by atoms with Gasteiger partial charge in [-0.15, -0.1) is 11.3 Å². The Bertz CT molecular complexity index is 409. The molecule has 2 unspecified atom stereocenters. The summed E-state index contributed by atoms with van der Waals surface area (Å²) < 4.78 is 0. The molecule has 0 amide bonds. The Morgan fingerprint density at radius 2 is 2.16 bits per heavy atom. The van der Waals surface area contributed by atoms with E-state index in [1.165, 1.54) is 44.7 Å². The lowest BCUT2D eigenvalue weighted by molar-refractivity contribution is -0.00318. The molecule has 3 fully saturated rings. The fraction of sp³-hybridized carbons (Fsp3) is 0.733. The van der Waals surface area contributed by atoms with Crippen molar-refractivity contribution in [2.75, 3.05) is 39.3 Å². The fourth-order valence-electron chi connectivity index (χ4n) is 3.38. The van der Waals surface area contributed by atoms with E-state index in [-0.39, 0.29) is 0 Å². The van der Waals surface area contributed by atoms with Crippen molar-refractivity contribution in [2.45, 2.75) is 32.4 Å². The number of nitrogens with zero attached hydrogens (tertiary/aromatic N) is 2. The van der Waals surface area contributed by atoms with E-state index >= 15 is 0 Å². The van der Waals surface area contributed by atoms with E-state index in [0.717, 1.165) is 6.54 Å². The van der Waals surface area contributed by atoms with Gasteiger partial charge in [0.2, 0.25) is 0 Å². The van der Waals surface area contributed by atoms with Crippen LogP contribution in [0.1, 0.15) is 29.8 Å². The molecule has 1 aromatic rings. The summed E-state index contributed by atoms with van der Waals surface area (Å²) in [7, 11) is 0. The zero-order valence-corrected chi connectivity index (χ0v) is 12.9. The lowest BCUT2D eigenvalue weighted by Gasteiger charge is -2.50. The zero-order chi connectivity index (χ0) is 13.2. The summed E-state index contributed by atoms with van der Waals surface area (Å²) in [5.41, 5.74) is 1.45. The molecule has 3 nitrogen and oxygen atoms in total. The predicted molar refractivity (Wildman–Crippen MR) is 81.9 cm³/mol. The Morgan fingerprint density at radius 3 is 2.68 bits per heavy atom. The third kappa shape index (κ3) is 2.72. The molecule has 1 aromatic heterocycles. The smallest absolute Gasteiger partial charge is 0.0588 e. The minimum absolute atomic E-state index is 0.517. The highest BCUT2D eigenvalue weighted by molar-refractivity contribution is 7.10. The second-order valence-electron chi connectivity index (χ2n) is 5.80. The lowest BCUT2D eigenvalue weighted by Crippen LogP contribution is -2.64. The molecule has 3 aliphatic rings. The van der Waals surface area contributed by atoms with Crippen LogP contribution in [0.25, 0.3) is 0 Å². The lowest BCUT2D eigenvalue weighted by atomic mass is 9.97. The number of aryl methyl sites for hydroxylation is 1. The zero-order valence-electron chi connectivity index (χ0n) is 12.1. The standard InChI is InChI=1S/C15H25N3S/c1-3-5-16-14(15-12(2)4-10-19-15)13-11-17-6-8-18(13)9-7-17/h4,10,13-14,16H,3,5-9,11H2,1-2H3. The molecule has 4 heteroatoms. The topological polar surface area (TPSA) is 18.5 Å². The maximum Gasteiger partial charge on any atom is 0.0588 e. The van der Waals surface area contributed by atoms with E-state index in [0.29, 0.717) is 12.1 Å². The largest absolute Gasteiger partial charge is 0.308 e. The van der Waals surface area contributed by atoms with Crippen LogP contribution in [0, 0.1) is 6.92 Å². The van der Waals surface area contributed by atoms with Crippen LogP contribution in [0.5, 0.6) is 0 Å². The Kier molecular flexibility index (Phi) is 4.22. The Labute approximate surface area is 120 Å². The van der Waals surface area contributed by atoms with Gasteiger partial charge < -0.3 is 5.32 Å². The third-order valence-electron chi connectivity index (χ3n) is 4.50. The van der Waals surface area contributed by atoms with Crippen molar-refractivity contribution in [1.29, 1.82) is 0 Å². The molecule has 0 spiro atoms. The van der Waals surface area contributed by atoms with Crippen molar-refractivity contribution in [3.63, 3.8) is 0 Å². The van der Waals surface area contributed by atoms with E-state index in [2.05, 4.69) is 40.4 Å². The van der Waals surface area contributed by atoms with Gasteiger partial charge in [-0.3, -0.25) is 9.80 Å². The average Bonchev–Trinajstić information content (AvgIpc) is 2.87. The van der Waals surface area contributed by atoms with Crippen molar-refractivity contribution in [1.82, 2.24) is 15.1 Å². The van der Waals surface area contributed by atoms with Crippen molar-refractivity contribution in [2.24, 2.45) is 0 Å². The van der Waals surface area contributed by atoms with Crippen LogP contribution < -0.4 is 5.32 Å². The molecule has 2 atom stereocenters. The van der Waals surface area contributed by atoms with Gasteiger partial charge >= 0.3 is 0 Å². The molecule has 0 aromatic carbocycles. The van der Waals surface area contributed by atoms with Gasteiger partial charge in [-0.25, -0.2) is 0 Å². The van der Waals surface area contributed by atoms with Gasteiger partial charge in [0.25, 0.3) is 0 Å².